The van der Waals surface area contributed by atoms with Gasteiger partial charge in [0.2, 0.25) is 0 Å². The van der Waals surface area contributed by atoms with E-state index in [1.807, 2.05) is 6.92 Å². The van der Waals surface area contributed by atoms with Crippen LogP contribution in [0.3, 0.4) is 0 Å². The van der Waals surface area contributed by atoms with Gasteiger partial charge in [-0.1, -0.05) is 13.3 Å². The Morgan fingerprint density at radius 1 is 1.06 bits per heavy atom. The summed E-state index contributed by atoms with van der Waals surface area (Å²) < 4.78 is 15.8. The molecule has 0 fully saturated rings. The van der Waals surface area contributed by atoms with Gasteiger partial charge >= 0.3 is 5.97 Å². The molecule has 4 nitrogen and oxygen atoms in total. The van der Waals surface area contributed by atoms with Crippen molar-refractivity contribution in [3.63, 3.8) is 0 Å². The molecule has 0 amide bonds. The maximum atomic E-state index is 11.0. The Kier molecular flexibility index (Phi) is 12.4. The number of carbonyl (C=O) groups is 1. The van der Waals surface area contributed by atoms with Crippen LogP contribution in [0.5, 0.6) is 0 Å². The van der Waals surface area contributed by atoms with Crippen LogP contribution in [0.15, 0.2) is 0 Å². The van der Waals surface area contributed by atoms with E-state index in [4.69, 9.17) is 14.2 Å². The average Bonchev–Trinajstić information content (AvgIpc) is 2.36. The van der Waals surface area contributed by atoms with E-state index in [0.717, 1.165) is 32.3 Å². The molecule has 0 spiro atoms. The second-order valence-electron chi connectivity index (χ2n) is 4.32. The van der Waals surface area contributed by atoms with Crippen molar-refractivity contribution in [3.8, 4) is 0 Å². The first kappa shape index (κ1) is 17.4. The third kappa shape index (κ3) is 11.9. The zero-order chi connectivity index (χ0) is 13.6. The standard InChI is InChI=1S/C14H28O4/c1-4-13(3)18-12-11-16-10-8-6-7-9-14(15)17-5-2/h13H,4-12H2,1-3H3. The van der Waals surface area contributed by atoms with Gasteiger partial charge < -0.3 is 14.2 Å². The molecule has 0 aromatic heterocycles. The fourth-order valence-electron chi connectivity index (χ4n) is 1.41. The summed E-state index contributed by atoms with van der Waals surface area (Å²) in [5, 5.41) is 0. The van der Waals surface area contributed by atoms with Gasteiger partial charge in [0.25, 0.3) is 0 Å². The molecule has 0 N–H and O–H groups in total. The lowest BCUT2D eigenvalue weighted by Crippen LogP contribution is -2.12. The van der Waals surface area contributed by atoms with Crippen LogP contribution < -0.4 is 0 Å². The molecule has 0 saturated heterocycles. The Labute approximate surface area is 111 Å². The highest BCUT2D eigenvalue weighted by atomic mass is 16.5. The number of hydrogen-bond acceptors (Lipinski definition) is 4. The van der Waals surface area contributed by atoms with Crippen LogP contribution in [0.25, 0.3) is 0 Å². The van der Waals surface area contributed by atoms with E-state index in [0.29, 0.717) is 32.3 Å². The van der Waals surface area contributed by atoms with Gasteiger partial charge in [-0.15, -0.1) is 0 Å². The zero-order valence-electron chi connectivity index (χ0n) is 12.1. The predicted octanol–water partition coefficient (Wildman–Crippen LogP) is 2.94. The van der Waals surface area contributed by atoms with Crippen LogP contribution in [-0.2, 0) is 19.0 Å². The Bertz CT molecular complexity index is 194. The van der Waals surface area contributed by atoms with Gasteiger partial charge in [0.1, 0.15) is 0 Å². The van der Waals surface area contributed by atoms with Crippen molar-refractivity contribution in [2.24, 2.45) is 0 Å². The van der Waals surface area contributed by atoms with Gasteiger partial charge in [0.05, 0.1) is 25.9 Å². The molecule has 1 atom stereocenters. The first-order valence-electron chi connectivity index (χ1n) is 7.05. The van der Waals surface area contributed by atoms with Crippen LogP contribution >= 0.6 is 0 Å². The first-order valence-corrected chi connectivity index (χ1v) is 7.05. The summed E-state index contributed by atoms with van der Waals surface area (Å²) in [5.74, 6) is -0.0969. The minimum Gasteiger partial charge on any atom is -0.466 e. The molecule has 0 radical (unpaired) electrons. The van der Waals surface area contributed by atoms with Gasteiger partial charge in [-0.3, -0.25) is 4.79 Å². The smallest absolute Gasteiger partial charge is 0.305 e. The van der Waals surface area contributed by atoms with Gasteiger partial charge in [-0.05, 0) is 33.1 Å². The molecule has 4 heteroatoms. The summed E-state index contributed by atoms with van der Waals surface area (Å²) in [5.41, 5.74) is 0. The van der Waals surface area contributed by atoms with Crippen molar-refractivity contribution in [3.05, 3.63) is 0 Å². The number of ether oxygens (including phenoxy) is 3. The van der Waals surface area contributed by atoms with Crippen LogP contribution in [-0.4, -0.2) is 38.5 Å². The summed E-state index contributed by atoms with van der Waals surface area (Å²) in [4.78, 5) is 11.0. The van der Waals surface area contributed by atoms with Crippen molar-refractivity contribution in [2.45, 2.75) is 59.0 Å². The van der Waals surface area contributed by atoms with E-state index in [9.17, 15) is 4.79 Å². The lowest BCUT2D eigenvalue weighted by molar-refractivity contribution is -0.143. The highest BCUT2D eigenvalue weighted by molar-refractivity contribution is 5.69. The average molecular weight is 260 g/mol. The highest BCUT2D eigenvalue weighted by Gasteiger charge is 2.01. The fraction of sp³-hybridized carbons (Fsp3) is 0.929. The minimum absolute atomic E-state index is 0.0969. The molecule has 0 aromatic rings. The maximum absolute atomic E-state index is 11.0. The number of hydrogen-bond donors (Lipinski definition) is 0. The SMILES string of the molecule is CCOC(=O)CCCCCOCCOC(C)CC. The van der Waals surface area contributed by atoms with E-state index in [-0.39, 0.29) is 5.97 Å². The molecular weight excluding hydrogens is 232 g/mol. The molecule has 1 unspecified atom stereocenters. The molecule has 0 rings (SSSR count). The van der Waals surface area contributed by atoms with Gasteiger partial charge in [-0.2, -0.15) is 0 Å². The molecule has 0 aliphatic carbocycles. The van der Waals surface area contributed by atoms with E-state index in [1.54, 1.807) is 0 Å². The largest absolute Gasteiger partial charge is 0.466 e. The minimum atomic E-state index is -0.0969. The quantitative estimate of drug-likeness (QED) is 0.400. The third-order valence-electron chi connectivity index (χ3n) is 2.68. The van der Waals surface area contributed by atoms with Crippen molar-refractivity contribution < 1.29 is 19.0 Å². The second-order valence-corrected chi connectivity index (χ2v) is 4.32. The van der Waals surface area contributed by atoms with Crippen LogP contribution in [0.1, 0.15) is 52.9 Å². The number of unbranched alkanes of at least 4 members (excludes halogenated alkanes) is 2. The van der Waals surface area contributed by atoms with Gasteiger partial charge in [-0.25, -0.2) is 0 Å². The summed E-state index contributed by atoms with van der Waals surface area (Å²) in [6, 6.07) is 0. The Morgan fingerprint density at radius 3 is 2.50 bits per heavy atom. The van der Waals surface area contributed by atoms with E-state index in [1.165, 1.54) is 0 Å². The normalized spacial score (nSPS) is 12.4. The van der Waals surface area contributed by atoms with E-state index >= 15 is 0 Å². The zero-order valence-corrected chi connectivity index (χ0v) is 12.1. The summed E-state index contributed by atoms with van der Waals surface area (Å²) in [6.45, 7) is 8.53. The Hall–Kier alpha value is -0.610. The Morgan fingerprint density at radius 2 is 1.83 bits per heavy atom. The number of esters is 1. The molecule has 18 heavy (non-hydrogen) atoms. The van der Waals surface area contributed by atoms with Crippen LogP contribution in [0.2, 0.25) is 0 Å². The van der Waals surface area contributed by atoms with E-state index < -0.39 is 0 Å². The molecule has 0 aliphatic heterocycles. The van der Waals surface area contributed by atoms with Crippen molar-refractivity contribution in [2.75, 3.05) is 26.4 Å². The molecule has 0 saturated carbocycles. The van der Waals surface area contributed by atoms with Crippen molar-refractivity contribution in [1.82, 2.24) is 0 Å². The third-order valence-corrected chi connectivity index (χ3v) is 2.68. The molecule has 0 aromatic carbocycles. The topological polar surface area (TPSA) is 44.8 Å². The molecule has 0 aliphatic rings. The highest BCUT2D eigenvalue weighted by Crippen LogP contribution is 2.02. The van der Waals surface area contributed by atoms with Crippen molar-refractivity contribution >= 4 is 5.97 Å². The second kappa shape index (κ2) is 12.8. The fourth-order valence-corrected chi connectivity index (χ4v) is 1.41. The first-order chi connectivity index (χ1) is 8.70. The van der Waals surface area contributed by atoms with Crippen LogP contribution in [0.4, 0.5) is 0 Å². The van der Waals surface area contributed by atoms with Crippen LogP contribution in [0, 0.1) is 0 Å². The molecule has 0 bridgehead atoms. The predicted molar refractivity (Wildman–Crippen MR) is 71.6 cm³/mol. The molecule has 0 heterocycles. The van der Waals surface area contributed by atoms with Gasteiger partial charge in [0.15, 0.2) is 0 Å². The van der Waals surface area contributed by atoms with Gasteiger partial charge in [0, 0.05) is 13.0 Å². The lowest BCUT2D eigenvalue weighted by Gasteiger charge is -2.10. The molecular formula is C14H28O4. The van der Waals surface area contributed by atoms with Crippen molar-refractivity contribution in [1.29, 1.82) is 0 Å². The van der Waals surface area contributed by atoms with E-state index in [2.05, 4.69) is 13.8 Å². The maximum Gasteiger partial charge on any atom is 0.305 e. The summed E-state index contributed by atoms with van der Waals surface area (Å²) in [7, 11) is 0. The number of rotatable bonds is 12. The summed E-state index contributed by atoms with van der Waals surface area (Å²) >= 11 is 0. The summed E-state index contributed by atoms with van der Waals surface area (Å²) in [6.07, 6.45) is 4.75. The molecule has 108 valence electrons. The Balaban J connectivity index is 3.10. The lowest BCUT2D eigenvalue weighted by atomic mass is 10.2. The monoisotopic (exact) mass is 260 g/mol. The number of carbonyl (C=O) groups excluding carboxylic acids is 1.